The van der Waals surface area contributed by atoms with E-state index in [1.54, 1.807) is 12.3 Å². The molecule has 1 aromatic carbocycles. The first-order chi connectivity index (χ1) is 10.2. The van der Waals surface area contributed by atoms with Crippen molar-refractivity contribution in [1.82, 2.24) is 10.3 Å². The first kappa shape index (κ1) is 15.4. The van der Waals surface area contributed by atoms with Crippen LogP contribution in [0.15, 0.2) is 36.7 Å². The van der Waals surface area contributed by atoms with Gasteiger partial charge in [-0.25, -0.2) is 4.39 Å². The van der Waals surface area contributed by atoms with E-state index in [0.29, 0.717) is 0 Å². The number of hydrogen-bond donors (Lipinski definition) is 1. The van der Waals surface area contributed by atoms with Gasteiger partial charge in [0.15, 0.2) is 11.6 Å². The lowest BCUT2D eigenvalue weighted by Gasteiger charge is -2.21. The van der Waals surface area contributed by atoms with Crippen LogP contribution in [0.1, 0.15) is 36.6 Å². The Kier molecular flexibility index (Phi) is 5.28. The molecule has 1 atom stereocenters. The van der Waals surface area contributed by atoms with E-state index < -0.39 is 0 Å². The molecule has 0 fully saturated rings. The van der Waals surface area contributed by atoms with Crippen LogP contribution in [-0.2, 0) is 6.42 Å². The Morgan fingerprint density at radius 2 is 2.10 bits per heavy atom. The van der Waals surface area contributed by atoms with Gasteiger partial charge in [-0.05, 0) is 47.9 Å². The standard InChI is InChI=1S/C17H21FN2O/c1-4-12-11-19-9-8-14(12)17(20-5-2)13-6-7-16(21-3)15(18)10-13/h6-11,17,20H,4-5H2,1-3H3. The highest BCUT2D eigenvalue weighted by Crippen LogP contribution is 2.28. The molecule has 0 radical (unpaired) electrons. The van der Waals surface area contributed by atoms with Gasteiger partial charge in [-0.1, -0.05) is 19.9 Å². The lowest BCUT2D eigenvalue weighted by Crippen LogP contribution is -2.23. The molecule has 2 rings (SSSR count). The van der Waals surface area contributed by atoms with Crippen molar-refractivity contribution in [3.8, 4) is 5.75 Å². The summed E-state index contributed by atoms with van der Waals surface area (Å²) in [5, 5.41) is 3.42. The summed E-state index contributed by atoms with van der Waals surface area (Å²) in [6.07, 6.45) is 4.54. The summed E-state index contributed by atoms with van der Waals surface area (Å²) < 4.78 is 19.0. The lowest BCUT2D eigenvalue weighted by atomic mass is 9.94. The fourth-order valence-electron chi connectivity index (χ4n) is 2.49. The normalized spacial score (nSPS) is 12.2. The number of hydrogen-bond acceptors (Lipinski definition) is 3. The summed E-state index contributed by atoms with van der Waals surface area (Å²) in [6.45, 7) is 4.93. The van der Waals surface area contributed by atoms with Gasteiger partial charge in [-0.15, -0.1) is 0 Å². The third-order valence-electron chi connectivity index (χ3n) is 3.55. The summed E-state index contributed by atoms with van der Waals surface area (Å²) in [4.78, 5) is 4.18. The zero-order valence-corrected chi connectivity index (χ0v) is 12.7. The molecule has 0 aliphatic heterocycles. The second-order valence-electron chi connectivity index (χ2n) is 4.81. The van der Waals surface area contributed by atoms with Crippen molar-refractivity contribution in [3.63, 3.8) is 0 Å². The van der Waals surface area contributed by atoms with Crippen molar-refractivity contribution in [2.75, 3.05) is 13.7 Å². The van der Waals surface area contributed by atoms with Crippen molar-refractivity contribution < 1.29 is 9.13 Å². The fourth-order valence-corrected chi connectivity index (χ4v) is 2.49. The molecular formula is C17H21FN2O. The smallest absolute Gasteiger partial charge is 0.165 e. The first-order valence-electron chi connectivity index (χ1n) is 7.20. The maximum absolute atomic E-state index is 14.0. The van der Waals surface area contributed by atoms with E-state index in [2.05, 4.69) is 17.2 Å². The minimum absolute atomic E-state index is 0.0478. The van der Waals surface area contributed by atoms with E-state index in [1.807, 2.05) is 25.3 Å². The van der Waals surface area contributed by atoms with Crippen LogP contribution in [0.2, 0.25) is 0 Å². The zero-order valence-electron chi connectivity index (χ0n) is 12.7. The minimum atomic E-state index is -0.343. The van der Waals surface area contributed by atoms with E-state index in [1.165, 1.54) is 18.7 Å². The van der Waals surface area contributed by atoms with Crippen molar-refractivity contribution in [2.24, 2.45) is 0 Å². The number of aromatic nitrogens is 1. The fraction of sp³-hybridized carbons (Fsp3) is 0.353. The molecule has 4 heteroatoms. The van der Waals surface area contributed by atoms with E-state index >= 15 is 0 Å². The van der Waals surface area contributed by atoms with Gasteiger partial charge in [0.25, 0.3) is 0 Å². The highest BCUT2D eigenvalue weighted by molar-refractivity contribution is 5.39. The SMILES string of the molecule is CCNC(c1ccc(OC)c(F)c1)c1ccncc1CC. The van der Waals surface area contributed by atoms with Gasteiger partial charge < -0.3 is 10.1 Å². The molecule has 0 saturated heterocycles. The van der Waals surface area contributed by atoms with E-state index in [4.69, 9.17) is 4.74 Å². The molecule has 1 heterocycles. The van der Waals surface area contributed by atoms with Gasteiger partial charge in [0, 0.05) is 12.4 Å². The molecule has 0 aliphatic rings. The average molecular weight is 288 g/mol. The van der Waals surface area contributed by atoms with Crippen LogP contribution in [0.25, 0.3) is 0 Å². The molecule has 0 spiro atoms. The Hall–Kier alpha value is -1.94. The highest BCUT2D eigenvalue weighted by Gasteiger charge is 2.17. The molecule has 0 aliphatic carbocycles. The maximum atomic E-state index is 14.0. The number of methoxy groups -OCH3 is 1. The van der Waals surface area contributed by atoms with Crippen LogP contribution in [0.5, 0.6) is 5.75 Å². The molecule has 1 aromatic heterocycles. The number of aryl methyl sites for hydroxylation is 1. The molecule has 3 nitrogen and oxygen atoms in total. The van der Waals surface area contributed by atoms with Crippen LogP contribution < -0.4 is 10.1 Å². The number of ether oxygens (including phenoxy) is 1. The zero-order chi connectivity index (χ0) is 15.2. The number of benzene rings is 1. The van der Waals surface area contributed by atoms with Gasteiger partial charge >= 0.3 is 0 Å². The van der Waals surface area contributed by atoms with E-state index in [-0.39, 0.29) is 17.6 Å². The number of nitrogens with one attached hydrogen (secondary N) is 1. The van der Waals surface area contributed by atoms with Gasteiger partial charge in [-0.3, -0.25) is 4.98 Å². The average Bonchev–Trinajstić information content (AvgIpc) is 2.52. The van der Waals surface area contributed by atoms with Crippen LogP contribution >= 0.6 is 0 Å². The maximum Gasteiger partial charge on any atom is 0.165 e. The van der Waals surface area contributed by atoms with E-state index in [9.17, 15) is 4.39 Å². The predicted octanol–water partition coefficient (Wildman–Crippen LogP) is 3.49. The molecule has 0 amide bonds. The molecular weight excluding hydrogens is 267 g/mol. The van der Waals surface area contributed by atoms with Crippen molar-refractivity contribution in [2.45, 2.75) is 26.3 Å². The Balaban J connectivity index is 2.45. The minimum Gasteiger partial charge on any atom is -0.494 e. The predicted molar refractivity (Wildman–Crippen MR) is 82.1 cm³/mol. The third-order valence-corrected chi connectivity index (χ3v) is 3.55. The third kappa shape index (κ3) is 3.39. The number of nitrogens with zero attached hydrogens (tertiary/aromatic N) is 1. The summed E-state index contributed by atoms with van der Waals surface area (Å²) in [7, 11) is 1.47. The lowest BCUT2D eigenvalue weighted by molar-refractivity contribution is 0.385. The van der Waals surface area contributed by atoms with Gasteiger partial charge in [-0.2, -0.15) is 0 Å². The number of pyridine rings is 1. The van der Waals surface area contributed by atoms with Gasteiger partial charge in [0.1, 0.15) is 0 Å². The Morgan fingerprint density at radius 1 is 1.29 bits per heavy atom. The molecule has 1 unspecified atom stereocenters. The van der Waals surface area contributed by atoms with Crippen molar-refractivity contribution >= 4 is 0 Å². The van der Waals surface area contributed by atoms with Gasteiger partial charge in [0.05, 0.1) is 13.2 Å². The molecule has 2 aromatic rings. The van der Waals surface area contributed by atoms with Crippen LogP contribution in [0.3, 0.4) is 0 Å². The van der Waals surface area contributed by atoms with Crippen LogP contribution in [-0.4, -0.2) is 18.6 Å². The molecule has 1 N–H and O–H groups in total. The Bertz CT molecular complexity index is 601. The Morgan fingerprint density at radius 3 is 2.71 bits per heavy atom. The first-order valence-corrected chi connectivity index (χ1v) is 7.20. The van der Waals surface area contributed by atoms with Gasteiger partial charge in [0.2, 0.25) is 0 Å². The second-order valence-corrected chi connectivity index (χ2v) is 4.81. The molecule has 21 heavy (non-hydrogen) atoms. The second kappa shape index (κ2) is 7.18. The number of rotatable bonds is 6. The Labute approximate surface area is 125 Å². The highest BCUT2D eigenvalue weighted by atomic mass is 19.1. The summed E-state index contributed by atoms with van der Waals surface area (Å²) in [5.74, 6) is -0.0792. The van der Waals surface area contributed by atoms with Crippen LogP contribution in [0.4, 0.5) is 4.39 Å². The summed E-state index contributed by atoms with van der Waals surface area (Å²) in [5.41, 5.74) is 3.19. The summed E-state index contributed by atoms with van der Waals surface area (Å²) >= 11 is 0. The molecule has 0 bridgehead atoms. The summed E-state index contributed by atoms with van der Waals surface area (Å²) in [6, 6.07) is 7.05. The number of halogens is 1. The van der Waals surface area contributed by atoms with E-state index in [0.717, 1.165) is 24.1 Å². The van der Waals surface area contributed by atoms with Crippen molar-refractivity contribution in [3.05, 3.63) is 59.2 Å². The quantitative estimate of drug-likeness (QED) is 0.883. The topological polar surface area (TPSA) is 34.1 Å². The van der Waals surface area contributed by atoms with Crippen molar-refractivity contribution in [1.29, 1.82) is 0 Å². The van der Waals surface area contributed by atoms with Crippen LogP contribution in [0, 0.1) is 5.82 Å². The molecule has 0 saturated carbocycles. The molecule has 112 valence electrons. The monoisotopic (exact) mass is 288 g/mol. The largest absolute Gasteiger partial charge is 0.494 e.